The van der Waals surface area contributed by atoms with E-state index in [9.17, 15) is 13.2 Å². The fraction of sp³-hybridized carbons (Fsp3) is 0.0952. The number of anilines is 2. The smallest absolute Gasteiger partial charge is 0.257 e. The molecule has 1 amide bonds. The third-order valence-corrected chi connectivity index (χ3v) is 5.47. The number of benzene rings is 3. The van der Waals surface area contributed by atoms with E-state index in [1.807, 2.05) is 30.3 Å². The minimum absolute atomic E-state index is 0.130. The van der Waals surface area contributed by atoms with Crippen LogP contribution in [0.3, 0.4) is 0 Å². The molecule has 7 heteroatoms. The lowest BCUT2D eigenvalue weighted by molar-refractivity contribution is 0.102. The quantitative estimate of drug-likeness (QED) is 0.643. The highest BCUT2D eigenvalue weighted by Crippen LogP contribution is 2.26. The summed E-state index contributed by atoms with van der Waals surface area (Å²) in [6.07, 6.45) is 1.13. The lowest BCUT2D eigenvalue weighted by atomic mass is 10.1. The Balaban J connectivity index is 1.96. The Morgan fingerprint density at radius 1 is 0.929 bits per heavy atom. The van der Waals surface area contributed by atoms with Crippen molar-refractivity contribution in [2.75, 3.05) is 15.9 Å². The minimum Gasteiger partial charge on any atom is -0.322 e. The van der Waals surface area contributed by atoms with Gasteiger partial charge in [0.25, 0.3) is 5.91 Å². The molecular formula is C21H19ClN2O3S. The van der Waals surface area contributed by atoms with Gasteiger partial charge in [-0.05, 0) is 42.0 Å². The summed E-state index contributed by atoms with van der Waals surface area (Å²) in [5, 5.41) is 3.34. The molecule has 0 spiro atoms. The Hall–Kier alpha value is -2.83. The topological polar surface area (TPSA) is 66.5 Å². The van der Waals surface area contributed by atoms with Gasteiger partial charge in [0.2, 0.25) is 10.0 Å². The second-order valence-electron chi connectivity index (χ2n) is 6.23. The fourth-order valence-corrected chi connectivity index (χ4v) is 3.77. The molecule has 0 bridgehead atoms. The summed E-state index contributed by atoms with van der Waals surface area (Å²) < 4.78 is 26.2. The fourth-order valence-electron chi connectivity index (χ4n) is 2.75. The number of nitrogens with one attached hydrogen (secondary N) is 1. The van der Waals surface area contributed by atoms with E-state index < -0.39 is 15.9 Å². The van der Waals surface area contributed by atoms with Crippen LogP contribution in [0, 0.1) is 0 Å². The molecule has 0 unspecified atom stereocenters. The average molecular weight is 415 g/mol. The number of para-hydroxylation sites is 1. The maximum atomic E-state index is 12.8. The number of carbonyl (C=O) groups excluding carboxylic acids is 1. The van der Waals surface area contributed by atoms with Crippen molar-refractivity contribution in [3.63, 3.8) is 0 Å². The van der Waals surface area contributed by atoms with Crippen LogP contribution in [-0.2, 0) is 16.6 Å². The summed E-state index contributed by atoms with van der Waals surface area (Å²) in [4.78, 5) is 12.8. The Morgan fingerprint density at radius 3 is 2.18 bits per heavy atom. The van der Waals surface area contributed by atoms with Gasteiger partial charge in [-0.2, -0.15) is 0 Å². The van der Waals surface area contributed by atoms with E-state index in [1.54, 1.807) is 48.5 Å². The molecule has 0 aliphatic rings. The van der Waals surface area contributed by atoms with Crippen LogP contribution in [0.1, 0.15) is 15.9 Å². The van der Waals surface area contributed by atoms with Crippen molar-refractivity contribution in [1.82, 2.24) is 0 Å². The summed E-state index contributed by atoms with van der Waals surface area (Å²) in [6, 6.07) is 22.6. The van der Waals surface area contributed by atoms with Crippen LogP contribution in [0.5, 0.6) is 0 Å². The van der Waals surface area contributed by atoms with E-state index >= 15 is 0 Å². The molecule has 144 valence electrons. The predicted molar refractivity (Wildman–Crippen MR) is 113 cm³/mol. The molecule has 0 fully saturated rings. The van der Waals surface area contributed by atoms with Gasteiger partial charge in [0.05, 0.1) is 24.1 Å². The van der Waals surface area contributed by atoms with Crippen LogP contribution in [0.4, 0.5) is 11.4 Å². The molecule has 0 saturated heterocycles. The number of nitrogens with zero attached hydrogens (tertiary/aromatic N) is 1. The van der Waals surface area contributed by atoms with Crippen molar-refractivity contribution in [2.24, 2.45) is 0 Å². The first-order valence-corrected chi connectivity index (χ1v) is 10.7. The van der Waals surface area contributed by atoms with Crippen LogP contribution in [0.15, 0.2) is 78.9 Å². The Labute approximate surface area is 169 Å². The Bertz CT molecular complexity index is 1070. The Kier molecular flexibility index (Phi) is 6.02. The highest BCUT2D eigenvalue weighted by molar-refractivity contribution is 7.92. The molecule has 0 aliphatic heterocycles. The first-order chi connectivity index (χ1) is 13.3. The summed E-state index contributed by atoms with van der Waals surface area (Å²) in [5.41, 5.74) is 1.97. The average Bonchev–Trinajstić information content (AvgIpc) is 2.68. The summed E-state index contributed by atoms with van der Waals surface area (Å²) in [6.45, 7) is 0.130. The van der Waals surface area contributed by atoms with Gasteiger partial charge in [-0.15, -0.1) is 0 Å². The van der Waals surface area contributed by atoms with Crippen molar-refractivity contribution in [2.45, 2.75) is 6.54 Å². The molecule has 5 nitrogen and oxygen atoms in total. The predicted octanol–water partition coefficient (Wildman–Crippen LogP) is 4.56. The zero-order valence-corrected chi connectivity index (χ0v) is 16.7. The molecule has 0 radical (unpaired) electrons. The molecule has 28 heavy (non-hydrogen) atoms. The highest BCUT2D eigenvalue weighted by atomic mass is 35.5. The van der Waals surface area contributed by atoms with Gasteiger partial charge >= 0.3 is 0 Å². The van der Waals surface area contributed by atoms with E-state index in [4.69, 9.17) is 11.6 Å². The molecule has 3 aromatic carbocycles. The molecular weight excluding hydrogens is 396 g/mol. The van der Waals surface area contributed by atoms with Gasteiger partial charge in [0.1, 0.15) is 0 Å². The van der Waals surface area contributed by atoms with Crippen molar-refractivity contribution in [1.29, 1.82) is 0 Å². The zero-order valence-electron chi connectivity index (χ0n) is 15.2. The number of rotatable bonds is 6. The summed E-state index contributed by atoms with van der Waals surface area (Å²) in [7, 11) is -3.61. The van der Waals surface area contributed by atoms with Gasteiger partial charge in [-0.1, -0.05) is 54.1 Å². The third kappa shape index (κ3) is 4.91. The maximum absolute atomic E-state index is 12.8. The Morgan fingerprint density at radius 2 is 1.54 bits per heavy atom. The number of sulfonamides is 1. The molecule has 0 aliphatic carbocycles. The van der Waals surface area contributed by atoms with E-state index in [0.29, 0.717) is 16.4 Å². The van der Waals surface area contributed by atoms with Crippen molar-refractivity contribution in [3.8, 4) is 0 Å². The molecule has 0 aromatic heterocycles. The number of hydrogen-bond acceptors (Lipinski definition) is 3. The number of hydrogen-bond donors (Lipinski definition) is 1. The lowest BCUT2D eigenvalue weighted by Crippen LogP contribution is -2.31. The maximum Gasteiger partial charge on any atom is 0.257 e. The van der Waals surface area contributed by atoms with Gasteiger partial charge in [-0.25, -0.2) is 8.42 Å². The molecule has 3 rings (SSSR count). The molecule has 0 atom stereocenters. The lowest BCUT2D eigenvalue weighted by Gasteiger charge is -2.24. The standard InChI is InChI=1S/C21H19ClN2O3S/c1-28(26,27)24(15-16-7-3-2-4-8-16)20-10-6-5-9-19(20)21(25)23-18-13-11-17(22)12-14-18/h2-14H,15H2,1H3,(H,23,25). The van der Waals surface area contributed by atoms with Crippen molar-refractivity contribution in [3.05, 3.63) is 95.0 Å². The summed E-state index contributed by atoms with van der Waals surface area (Å²) >= 11 is 5.87. The first kappa shape index (κ1) is 19.9. The van der Waals surface area contributed by atoms with E-state index in [2.05, 4.69) is 5.32 Å². The van der Waals surface area contributed by atoms with E-state index in [0.717, 1.165) is 11.8 Å². The van der Waals surface area contributed by atoms with Crippen LogP contribution < -0.4 is 9.62 Å². The van der Waals surface area contributed by atoms with Gasteiger partial charge in [-0.3, -0.25) is 9.10 Å². The minimum atomic E-state index is -3.61. The number of halogens is 1. The monoisotopic (exact) mass is 414 g/mol. The molecule has 0 heterocycles. The normalized spacial score (nSPS) is 11.1. The van der Waals surface area contributed by atoms with Crippen molar-refractivity contribution < 1.29 is 13.2 Å². The van der Waals surface area contributed by atoms with Crippen LogP contribution in [0.2, 0.25) is 5.02 Å². The van der Waals surface area contributed by atoms with Crippen LogP contribution in [-0.4, -0.2) is 20.6 Å². The van der Waals surface area contributed by atoms with E-state index in [1.165, 1.54) is 4.31 Å². The second-order valence-corrected chi connectivity index (χ2v) is 8.58. The summed E-state index contributed by atoms with van der Waals surface area (Å²) in [5.74, 6) is -0.403. The van der Waals surface area contributed by atoms with Crippen molar-refractivity contribution >= 4 is 38.9 Å². The highest BCUT2D eigenvalue weighted by Gasteiger charge is 2.23. The zero-order chi connectivity index (χ0) is 20.1. The second kappa shape index (κ2) is 8.46. The first-order valence-electron chi connectivity index (χ1n) is 8.52. The van der Waals surface area contributed by atoms with Crippen LogP contribution in [0.25, 0.3) is 0 Å². The largest absolute Gasteiger partial charge is 0.322 e. The number of amides is 1. The third-order valence-electron chi connectivity index (χ3n) is 4.09. The number of carbonyl (C=O) groups is 1. The van der Waals surface area contributed by atoms with Gasteiger partial charge < -0.3 is 5.32 Å². The van der Waals surface area contributed by atoms with Crippen LogP contribution >= 0.6 is 11.6 Å². The van der Waals surface area contributed by atoms with Gasteiger partial charge in [0, 0.05) is 10.7 Å². The molecule has 0 saturated carbocycles. The SMILES string of the molecule is CS(=O)(=O)N(Cc1ccccc1)c1ccccc1C(=O)Nc1ccc(Cl)cc1. The molecule has 3 aromatic rings. The van der Waals surface area contributed by atoms with Gasteiger partial charge in [0.15, 0.2) is 0 Å². The van der Waals surface area contributed by atoms with E-state index in [-0.39, 0.29) is 12.1 Å². The molecule has 1 N–H and O–H groups in total.